The molecule has 0 saturated carbocycles. The summed E-state index contributed by atoms with van der Waals surface area (Å²) in [5, 5.41) is 3.88. The number of rotatable bonds is 4. The van der Waals surface area contributed by atoms with E-state index in [0.717, 1.165) is 0 Å². The lowest BCUT2D eigenvalue weighted by molar-refractivity contribution is -0.135. The molecule has 3 rings (SSSR count). The van der Waals surface area contributed by atoms with Crippen molar-refractivity contribution in [2.45, 2.75) is 19.1 Å². The second-order valence-electron chi connectivity index (χ2n) is 4.81. The lowest BCUT2D eigenvalue weighted by atomic mass is 10.2. The summed E-state index contributed by atoms with van der Waals surface area (Å²) in [4.78, 5) is 27.4. The van der Waals surface area contributed by atoms with Crippen LogP contribution in [0.2, 0.25) is 0 Å². The molecule has 2 amide bonds. The van der Waals surface area contributed by atoms with Crippen LogP contribution in [-0.4, -0.2) is 39.3 Å². The molecule has 0 fully saturated rings. The van der Waals surface area contributed by atoms with Crippen LogP contribution in [0.5, 0.6) is 11.5 Å². The smallest absolute Gasteiger partial charge is 0.283 e. The highest BCUT2D eigenvalue weighted by molar-refractivity contribution is 5.85. The molecule has 2 N–H and O–H groups in total. The summed E-state index contributed by atoms with van der Waals surface area (Å²) in [6, 6.07) is 7.08. The van der Waals surface area contributed by atoms with Crippen molar-refractivity contribution >= 4 is 11.8 Å². The summed E-state index contributed by atoms with van der Waals surface area (Å²) in [5.41, 5.74) is 4.65. The van der Waals surface area contributed by atoms with Crippen molar-refractivity contribution in [3.05, 3.63) is 36.9 Å². The molecule has 1 aromatic heterocycles. The topological polar surface area (TPSA) is 107 Å². The third kappa shape index (κ3) is 3.76. The van der Waals surface area contributed by atoms with Crippen LogP contribution < -0.4 is 20.3 Å². The molecule has 1 aliphatic heterocycles. The fraction of sp³-hybridized carbons (Fsp3) is 0.286. The fourth-order valence-electron chi connectivity index (χ4n) is 1.99. The van der Waals surface area contributed by atoms with Crippen LogP contribution in [0.15, 0.2) is 36.9 Å². The molecule has 0 bridgehead atoms. The third-order valence-electron chi connectivity index (χ3n) is 3.16. The molecular formula is C14H15N5O4. The number of fused-ring (bicyclic) bond motifs is 1. The van der Waals surface area contributed by atoms with E-state index in [2.05, 4.69) is 20.9 Å². The van der Waals surface area contributed by atoms with E-state index < -0.39 is 12.0 Å². The number of benzene rings is 1. The van der Waals surface area contributed by atoms with Crippen molar-refractivity contribution in [2.24, 2.45) is 0 Å². The average molecular weight is 317 g/mol. The Labute approximate surface area is 131 Å². The Morgan fingerprint density at radius 1 is 1.26 bits per heavy atom. The van der Waals surface area contributed by atoms with Crippen LogP contribution in [0.1, 0.15) is 6.42 Å². The minimum atomic E-state index is -0.819. The predicted octanol–water partition coefficient (Wildman–Crippen LogP) is -0.344. The van der Waals surface area contributed by atoms with E-state index in [1.54, 1.807) is 18.2 Å². The van der Waals surface area contributed by atoms with E-state index in [1.165, 1.54) is 17.3 Å². The van der Waals surface area contributed by atoms with Gasteiger partial charge in [-0.1, -0.05) is 12.1 Å². The standard InChI is InChI=1S/C14H15N5O4/c20-13(5-6-19-9-15-8-16-19)17-18-14(21)12-7-22-10-3-1-2-4-11(10)23-12/h1-4,8-9,12H,5-7H2,(H,17,20)(H,18,21). The number of hydrogen-bond donors (Lipinski definition) is 2. The largest absolute Gasteiger partial charge is 0.485 e. The monoisotopic (exact) mass is 317 g/mol. The van der Waals surface area contributed by atoms with Gasteiger partial charge in [0.1, 0.15) is 19.3 Å². The summed E-state index contributed by atoms with van der Waals surface area (Å²) >= 11 is 0. The van der Waals surface area contributed by atoms with Gasteiger partial charge in [0.2, 0.25) is 12.0 Å². The number of amides is 2. The van der Waals surface area contributed by atoms with E-state index in [4.69, 9.17) is 9.47 Å². The van der Waals surface area contributed by atoms with E-state index in [0.29, 0.717) is 18.0 Å². The number of carbonyl (C=O) groups excluding carboxylic acids is 2. The van der Waals surface area contributed by atoms with Gasteiger partial charge in [-0.05, 0) is 12.1 Å². The molecule has 1 aromatic carbocycles. The van der Waals surface area contributed by atoms with Gasteiger partial charge in [-0.25, -0.2) is 4.98 Å². The van der Waals surface area contributed by atoms with E-state index in [9.17, 15) is 9.59 Å². The summed E-state index contributed by atoms with van der Waals surface area (Å²) < 4.78 is 12.5. The summed E-state index contributed by atoms with van der Waals surface area (Å²) in [7, 11) is 0. The first kappa shape index (κ1) is 14.8. The SMILES string of the molecule is O=C(CCn1cncn1)NNC(=O)C1COc2ccccc2O1. The third-order valence-corrected chi connectivity index (χ3v) is 3.16. The summed E-state index contributed by atoms with van der Waals surface area (Å²) in [5.74, 6) is 0.268. The normalized spacial score (nSPS) is 15.7. The number of hydrogen-bond acceptors (Lipinski definition) is 6. The van der Waals surface area contributed by atoms with Crippen LogP contribution in [0.3, 0.4) is 0 Å². The second kappa shape index (κ2) is 6.77. The first-order valence-corrected chi connectivity index (χ1v) is 7.02. The molecule has 9 nitrogen and oxygen atoms in total. The summed E-state index contributed by atoms with van der Waals surface area (Å²) in [6.45, 7) is 0.454. The number of ether oxygens (including phenoxy) is 2. The van der Waals surface area contributed by atoms with E-state index in [-0.39, 0.29) is 18.9 Å². The molecule has 1 atom stereocenters. The predicted molar refractivity (Wildman–Crippen MR) is 77.3 cm³/mol. The van der Waals surface area contributed by atoms with E-state index >= 15 is 0 Å². The maximum atomic E-state index is 12.0. The Hall–Kier alpha value is -3.10. The lowest BCUT2D eigenvalue weighted by Crippen LogP contribution is -2.50. The number of carbonyl (C=O) groups is 2. The van der Waals surface area contributed by atoms with Gasteiger partial charge in [0.05, 0.1) is 6.54 Å². The quantitative estimate of drug-likeness (QED) is 0.747. The molecule has 23 heavy (non-hydrogen) atoms. The van der Waals surface area contributed by atoms with Gasteiger partial charge in [-0.2, -0.15) is 5.10 Å². The van der Waals surface area contributed by atoms with Crippen molar-refractivity contribution in [3.63, 3.8) is 0 Å². The number of aryl methyl sites for hydroxylation is 1. The fourth-order valence-corrected chi connectivity index (χ4v) is 1.99. The van der Waals surface area contributed by atoms with Gasteiger partial charge in [-0.3, -0.25) is 25.1 Å². The molecule has 2 heterocycles. The van der Waals surface area contributed by atoms with Crippen molar-refractivity contribution in [3.8, 4) is 11.5 Å². The Bertz CT molecular complexity index is 688. The Morgan fingerprint density at radius 2 is 2.09 bits per heavy atom. The van der Waals surface area contributed by atoms with Gasteiger partial charge in [0.15, 0.2) is 11.5 Å². The van der Waals surface area contributed by atoms with Crippen LogP contribution in [-0.2, 0) is 16.1 Å². The number of nitrogens with one attached hydrogen (secondary N) is 2. The van der Waals surface area contributed by atoms with Gasteiger partial charge < -0.3 is 9.47 Å². The Balaban J connectivity index is 1.44. The highest BCUT2D eigenvalue weighted by Gasteiger charge is 2.27. The van der Waals surface area contributed by atoms with Gasteiger partial charge in [-0.15, -0.1) is 0 Å². The lowest BCUT2D eigenvalue weighted by Gasteiger charge is -2.25. The molecular weight excluding hydrogens is 302 g/mol. The summed E-state index contributed by atoms with van der Waals surface area (Å²) in [6.07, 6.45) is 2.24. The van der Waals surface area contributed by atoms with Crippen LogP contribution in [0.4, 0.5) is 0 Å². The first-order chi connectivity index (χ1) is 11.2. The molecule has 0 radical (unpaired) electrons. The molecule has 1 aliphatic rings. The number of para-hydroxylation sites is 2. The van der Waals surface area contributed by atoms with Crippen LogP contribution in [0.25, 0.3) is 0 Å². The highest BCUT2D eigenvalue weighted by Crippen LogP contribution is 2.30. The zero-order chi connectivity index (χ0) is 16.1. The van der Waals surface area contributed by atoms with Crippen molar-refractivity contribution in [2.75, 3.05) is 6.61 Å². The molecule has 120 valence electrons. The average Bonchev–Trinajstić information content (AvgIpc) is 3.11. The molecule has 1 unspecified atom stereocenters. The Kier molecular flexibility index (Phi) is 4.37. The maximum Gasteiger partial charge on any atom is 0.283 e. The van der Waals surface area contributed by atoms with Crippen LogP contribution in [0, 0.1) is 0 Å². The van der Waals surface area contributed by atoms with Gasteiger partial charge >= 0.3 is 0 Å². The highest BCUT2D eigenvalue weighted by atomic mass is 16.6. The Morgan fingerprint density at radius 3 is 2.87 bits per heavy atom. The van der Waals surface area contributed by atoms with Gasteiger partial charge in [0, 0.05) is 6.42 Å². The van der Waals surface area contributed by atoms with Crippen molar-refractivity contribution in [1.29, 1.82) is 0 Å². The van der Waals surface area contributed by atoms with Crippen molar-refractivity contribution < 1.29 is 19.1 Å². The zero-order valence-electron chi connectivity index (χ0n) is 12.1. The number of hydrazine groups is 1. The minimum Gasteiger partial charge on any atom is -0.485 e. The van der Waals surface area contributed by atoms with Crippen molar-refractivity contribution in [1.82, 2.24) is 25.6 Å². The molecule has 2 aromatic rings. The minimum absolute atomic E-state index is 0.0810. The van der Waals surface area contributed by atoms with E-state index in [1.807, 2.05) is 6.07 Å². The van der Waals surface area contributed by atoms with Crippen LogP contribution >= 0.6 is 0 Å². The first-order valence-electron chi connectivity index (χ1n) is 7.02. The number of aromatic nitrogens is 3. The maximum absolute atomic E-state index is 12.0. The molecule has 0 spiro atoms. The molecule has 0 aliphatic carbocycles. The molecule has 0 saturated heterocycles. The zero-order valence-corrected chi connectivity index (χ0v) is 12.1. The second-order valence-corrected chi connectivity index (χ2v) is 4.81. The number of nitrogens with zero attached hydrogens (tertiary/aromatic N) is 3. The van der Waals surface area contributed by atoms with Gasteiger partial charge in [0.25, 0.3) is 5.91 Å². The molecule has 9 heteroatoms.